The second-order valence-electron chi connectivity index (χ2n) is 9.15. The number of furan rings is 1. The molecule has 174 valence electrons. The van der Waals surface area contributed by atoms with Gasteiger partial charge in [-0.25, -0.2) is 0 Å². The van der Waals surface area contributed by atoms with E-state index in [4.69, 9.17) is 9.15 Å². The van der Waals surface area contributed by atoms with Crippen molar-refractivity contribution >= 4 is 5.96 Å². The zero-order chi connectivity index (χ0) is 22.3. The zero-order valence-electron chi connectivity index (χ0n) is 19.8. The van der Waals surface area contributed by atoms with E-state index in [0.717, 1.165) is 63.1 Å². The highest BCUT2D eigenvalue weighted by molar-refractivity contribution is 5.79. The Labute approximate surface area is 192 Å². The van der Waals surface area contributed by atoms with Crippen LogP contribution in [0.5, 0.6) is 0 Å². The third-order valence-corrected chi connectivity index (χ3v) is 6.74. The second-order valence-corrected chi connectivity index (χ2v) is 9.15. The van der Waals surface area contributed by atoms with Crippen molar-refractivity contribution in [2.75, 3.05) is 39.8 Å². The molecule has 6 nitrogen and oxygen atoms in total. The fourth-order valence-corrected chi connectivity index (χ4v) is 4.91. The van der Waals surface area contributed by atoms with E-state index in [9.17, 15) is 0 Å². The summed E-state index contributed by atoms with van der Waals surface area (Å²) >= 11 is 0. The van der Waals surface area contributed by atoms with E-state index >= 15 is 0 Å². The Morgan fingerprint density at radius 3 is 2.53 bits per heavy atom. The standard InChI is InChI=1S/C26H38N4O2/c1-19-8-11-21(12-9-19)25-22(7-6-16-31-25)17-28-26(27-3)29-18-23(30-14-4-5-15-30)24-13-10-20(2)32-24/h8-13,22-23,25H,4-7,14-18H2,1-3H3,(H2,27,28,29). The minimum absolute atomic E-state index is 0.137. The first-order valence-corrected chi connectivity index (χ1v) is 12.1. The second kappa shape index (κ2) is 11.0. The van der Waals surface area contributed by atoms with Crippen LogP contribution in [0.1, 0.15) is 60.5 Å². The summed E-state index contributed by atoms with van der Waals surface area (Å²) in [6.07, 6.45) is 4.91. The molecule has 4 rings (SSSR count). The molecule has 2 aromatic rings. The van der Waals surface area contributed by atoms with Gasteiger partial charge in [0.2, 0.25) is 0 Å². The third-order valence-electron chi connectivity index (χ3n) is 6.74. The molecule has 2 aliphatic rings. The maximum absolute atomic E-state index is 6.19. The number of rotatable bonds is 7. The predicted molar refractivity (Wildman–Crippen MR) is 129 cm³/mol. The predicted octanol–water partition coefficient (Wildman–Crippen LogP) is 4.37. The Kier molecular flexibility index (Phi) is 7.87. The van der Waals surface area contributed by atoms with Crippen molar-refractivity contribution in [1.29, 1.82) is 0 Å². The fraction of sp³-hybridized carbons (Fsp3) is 0.577. The molecular weight excluding hydrogens is 400 g/mol. The molecule has 3 atom stereocenters. The van der Waals surface area contributed by atoms with Crippen molar-refractivity contribution in [2.24, 2.45) is 10.9 Å². The van der Waals surface area contributed by atoms with Crippen molar-refractivity contribution in [3.63, 3.8) is 0 Å². The average molecular weight is 439 g/mol. The minimum Gasteiger partial charge on any atom is -0.465 e. The first-order chi connectivity index (χ1) is 15.6. The first-order valence-electron chi connectivity index (χ1n) is 12.1. The van der Waals surface area contributed by atoms with Crippen LogP contribution in [0.3, 0.4) is 0 Å². The SMILES string of the molecule is CN=C(NCC1CCCOC1c1ccc(C)cc1)NCC(c1ccc(C)o1)N1CCCC1. The number of nitrogens with one attached hydrogen (secondary N) is 2. The molecule has 1 aromatic heterocycles. The number of hydrogen-bond donors (Lipinski definition) is 2. The molecule has 32 heavy (non-hydrogen) atoms. The number of aliphatic imine (C=N–C) groups is 1. The van der Waals surface area contributed by atoms with E-state index in [-0.39, 0.29) is 12.1 Å². The smallest absolute Gasteiger partial charge is 0.191 e. The van der Waals surface area contributed by atoms with Gasteiger partial charge in [0.25, 0.3) is 0 Å². The van der Waals surface area contributed by atoms with Crippen molar-refractivity contribution < 1.29 is 9.15 Å². The lowest BCUT2D eigenvalue weighted by atomic mass is 9.89. The quantitative estimate of drug-likeness (QED) is 0.497. The van der Waals surface area contributed by atoms with E-state index < -0.39 is 0 Å². The topological polar surface area (TPSA) is 62.0 Å². The molecule has 2 N–H and O–H groups in total. The van der Waals surface area contributed by atoms with Gasteiger partial charge in [-0.05, 0) is 70.3 Å². The van der Waals surface area contributed by atoms with E-state index in [1.54, 1.807) is 0 Å². The summed E-state index contributed by atoms with van der Waals surface area (Å²) in [5, 5.41) is 7.11. The largest absolute Gasteiger partial charge is 0.465 e. The number of aryl methyl sites for hydroxylation is 2. The maximum Gasteiger partial charge on any atom is 0.191 e. The summed E-state index contributed by atoms with van der Waals surface area (Å²) in [4.78, 5) is 7.00. The molecule has 2 saturated heterocycles. The summed E-state index contributed by atoms with van der Waals surface area (Å²) in [7, 11) is 1.84. The summed E-state index contributed by atoms with van der Waals surface area (Å²) < 4.78 is 12.2. The first kappa shape index (κ1) is 22.9. The average Bonchev–Trinajstić information content (AvgIpc) is 3.49. The van der Waals surface area contributed by atoms with Crippen LogP contribution in [-0.4, -0.2) is 50.7 Å². The van der Waals surface area contributed by atoms with Gasteiger partial charge < -0.3 is 19.8 Å². The van der Waals surface area contributed by atoms with Crippen LogP contribution in [0.4, 0.5) is 0 Å². The van der Waals surface area contributed by atoms with Crippen molar-refractivity contribution in [1.82, 2.24) is 15.5 Å². The number of guanidine groups is 1. The fourth-order valence-electron chi connectivity index (χ4n) is 4.91. The highest BCUT2D eigenvalue weighted by atomic mass is 16.5. The number of benzene rings is 1. The van der Waals surface area contributed by atoms with Gasteiger partial charge in [0.15, 0.2) is 5.96 Å². The lowest BCUT2D eigenvalue weighted by Gasteiger charge is -2.33. The molecule has 2 fully saturated rings. The van der Waals surface area contributed by atoms with Gasteiger partial charge in [-0.2, -0.15) is 0 Å². The van der Waals surface area contributed by atoms with Crippen LogP contribution in [0.25, 0.3) is 0 Å². The van der Waals surface area contributed by atoms with E-state index in [1.807, 2.05) is 14.0 Å². The molecule has 3 unspecified atom stereocenters. The molecule has 0 amide bonds. The van der Waals surface area contributed by atoms with E-state index in [0.29, 0.717) is 5.92 Å². The van der Waals surface area contributed by atoms with Gasteiger partial charge in [-0.1, -0.05) is 29.8 Å². The van der Waals surface area contributed by atoms with Crippen molar-refractivity contribution in [3.8, 4) is 0 Å². The molecule has 3 heterocycles. The number of nitrogens with zero attached hydrogens (tertiary/aromatic N) is 2. The van der Waals surface area contributed by atoms with Gasteiger partial charge in [0, 0.05) is 32.7 Å². The summed E-state index contributed by atoms with van der Waals surface area (Å²) in [5.41, 5.74) is 2.55. The Bertz CT molecular complexity index is 870. The lowest BCUT2D eigenvalue weighted by molar-refractivity contribution is -0.0265. The number of hydrogen-bond acceptors (Lipinski definition) is 4. The van der Waals surface area contributed by atoms with Gasteiger partial charge in [0.05, 0.1) is 12.1 Å². The molecule has 0 spiro atoms. The van der Waals surface area contributed by atoms with Crippen LogP contribution in [0.15, 0.2) is 45.8 Å². The normalized spacial score (nSPS) is 23.3. The molecule has 0 radical (unpaired) electrons. The Balaban J connectivity index is 1.35. The Hall–Kier alpha value is -2.31. The van der Waals surface area contributed by atoms with E-state index in [1.165, 1.54) is 24.0 Å². The number of ether oxygens (including phenoxy) is 1. The molecule has 0 bridgehead atoms. The molecule has 1 aromatic carbocycles. The Morgan fingerprint density at radius 2 is 1.84 bits per heavy atom. The lowest BCUT2D eigenvalue weighted by Crippen LogP contribution is -2.45. The molecule has 0 saturated carbocycles. The highest BCUT2D eigenvalue weighted by Crippen LogP contribution is 2.33. The van der Waals surface area contributed by atoms with Gasteiger partial charge in [-0.15, -0.1) is 0 Å². The monoisotopic (exact) mass is 438 g/mol. The molecular formula is C26H38N4O2. The van der Waals surface area contributed by atoms with E-state index in [2.05, 4.69) is 63.8 Å². The van der Waals surface area contributed by atoms with Gasteiger partial charge in [0.1, 0.15) is 11.5 Å². The minimum atomic E-state index is 0.137. The molecule has 0 aliphatic carbocycles. The van der Waals surface area contributed by atoms with Crippen molar-refractivity contribution in [3.05, 3.63) is 59.0 Å². The van der Waals surface area contributed by atoms with Crippen LogP contribution in [0, 0.1) is 19.8 Å². The van der Waals surface area contributed by atoms with Gasteiger partial charge in [-0.3, -0.25) is 9.89 Å². The highest BCUT2D eigenvalue weighted by Gasteiger charge is 2.28. The summed E-state index contributed by atoms with van der Waals surface area (Å²) in [6, 6.07) is 13.2. The third kappa shape index (κ3) is 5.73. The Morgan fingerprint density at radius 1 is 1.06 bits per heavy atom. The van der Waals surface area contributed by atoms with Gasteiger partial charge >= 0.3 is 0 Å². The van der Waals surface area contributed by atoms with Crippen LogP contribution >= 0.6 is 0 Å². The summed E-state index contributed by atoms with van der Waals surface area (Å²) in [5.74, 6) is 3.26. The van der Waals surface area contributed by atoms with Crippen LogP contribution in [0.2, 0.25) is 0 Å². The molecule has 6 heteroatoms. The van der Waals surface area contributed by atoms with Crippen molar-refractivity contribution in [2.45, 2.75) is 51.7 Å². The van der Waals surface area contributed by atoms with Crippen LogP contribution in [-0.2, 0) is 4.74 Å². The zero-order valence-corrected chi connectivity index (χ0v) is 19.8. The van der Waals surface area contributed by atoms with Crippen LogP contribution < -0.4 is 10.6 Å². The maximum atomic E-state index is 6.19. The number of likely N-dealkylation sites (tertiary alicyclic amines) is 1. The molecule has 2 aliphatic heterocycles. The summed E-state index contributed by atoms with van der Waals surface area (Å²) in [6.45, 7) is 8.82.